The SMILES string of the molecule is Nc1c(C(=O)O)ccnc1Sc1nnc2ccccn12. The molecule has 3 rings (SSSR count). The zero-order valence-electron chi connectivity index (χ0n) is 10.1. The Bertz CT molecular complexity index is 801. The Hall–Kier alpha value is -2.61. The lowest BCUT2D eigenvalue weighted by Crippen LogP contribution is -2.04. The lowest BCUT2D eigenvalue weighted by molar-refractivity contribution is 0.0697. The van der Waals surface area contributed by atoms with Gasteiger partial charge in [0.1, 0.15) is 5.03 Å². The standard InChI is InChI=1S/C12H9N5O2S/c13-9-7(11(18)19)4-5-14-10(9)20-12-16-15-8-3-1-2-6-17(8)12/h1-6H,13H2,(H,18,19). The van der Waals surface area contributed by atoms with Crippen molar-refractivity contribution in [1.29, 1.82) is 0 Å². The normalized spacial score (nSPS) is 10.8. The van der Waals surface area contributed by atoms with E-state index in [1.165, 1.54) is 24.0 Å². The molecule has 3 aromatic rings. The summed E-state index contributed by atoms with van der Waals surface area (Å²) < 4.78 is 1.78. The van der Waals surface area contributed by atoms with Crippen LogP contribution in [0.5, 0.6) is 0 Å². The van der Waals surface area contributed by atoms with E-state index in [4.69, 9.17) is 10.8 Å². The Morgan fingerprint density at radius 1 is 1.30 bits per heavy atom. The van der Waals surface area contributed by atoms with Gasteiger partial charge in [-0.2, -0.15) is 0 Å². The smallest absolute Gasteiger partial charge is 0.337 e. The number of fused-ring (bicyclic) bond motifs is 1. The zero-order chi connectivity index (χ0) is 14.1. The highest BCUT2D eigenvalue weighted by molar-refractivity contribution is 7.99. The van der Waals surface area contributed by atoms with Gasteiger partial charge in [-0.25, -0.2) is 9.78 Å². The van der Waals surface area contributed by atoms with E-state index in [2.05, 4.69) is 15.2 Å². The van der Waals surface area contributed by atoms with E-state index in [1.54, 1.807) is 4.40 Å². The first-order valence-corrected chi connectivity index (χ1v) is 6.44. The molecule has 0 aliphatic heterocycles. The van der Waals surface area contributed by atoms with Crippen LogP contribution in [0.2, 0.25) is 0 Å². The van der Waals surface area contributed by atoms with Gasteiger partial charge in [0.25, 0.3) is 0 Å². The minimum atomic E-state index is -1.09. The van der Waals surface area contributed by atoms with Crippen molar-refractivity contribution in [2.24, 2.45) is 0 Å². The monoisotopic (exact) mass is 287 g/mol. The van der Waals surface area contributed by atoms with Crippen LogP contribution >= 0.6 is 11.8 Å². The van der Waals surface area contributed by atoms with Gasteiger partial charge in [-0.3, -0.25) is 4.40 Å². The molecule has 0 aromatic carbocycles. The van der Waals surface area contributed by atoms with E-state index in [0.717, 1.165) is 0 Å². The van der Waals surface area contributed by atoms with Crippen LogP contribution in [0.4, 0.5) is 5.69 Å². The molecular weight excluding hydrogens is 278 g/mol. The highest BCUT2D eigenvalue weighted by atomic mass is 32.2. The second kappa shape index (κ2) is 4.82. The zero-order valence-corrected chi connectivity index (χ0v) is 10.9. The van der Waals surface area contributed by atoms with Gasteiger partial charge in [-0.05, 0) is 30.0 Å². The van der Waals surface area contributed by atoms with E-state index in [1.807, 2.05) is 24.4 Å². The number of nitrogens with zero attached hydrogens (tertiary/aromatic N) is 4. The third-order valence-corrected chi connectivity index (χ3v) is 3.63. The Labute approximate surface area is 117 Å². The molecule has 0 amide bonds. The summed E-state index contributed by atoms with van der Waals surface area (Å²) in [6.45, 7) is 0. The molecule has 20 heavy (non-hydrogen) atoms. The molecule has 0 saturated carbocycles. The van der Waals surface area contributed by atoms with Gasteiger partial charge in [0.15, 0.2) is 5.65 Å². The van der Waals surface area contributed by atoms with E-state index < -0.39 is 5.97 Å². The summed E-state index contributed by atoms with van der Waals surface area (Å²) in [7, 11) is 0. The van der Waals surface area contributed by atoms with Crippen LogP contribution in [-0.2, 0) is 0 Å². The molecule has 0 bridgehead atoms. The Morgan fingerprint density at radius 3 is 2.95 bits per heavy atom. The van der Waals surface area contributed by atoms with Crippen molar-refractivity contribution in [2.45, 2.75) is 10.2 Å². The average molecular weight is 287 g/mol. The summed E-state index contributed by atoms with van der Waals surface area (Å²) in [5.74, 6) is -1.09. The van der Waals surface area contributed by atoms with Gasteiger partial charge in [0, 0.05) is 12.4 Å². The number of aromatic carboxylic acids is 1. The Morgan fingerprint density at radius 2 is 2.15 bits per heavy atom. The van der Waals surface area contributed by atoms with Crippen LogP contribution in [0.1, 0.15) is 10.4 Å². The van der Waals surface area contributed by atoms with Crippen molar-refractivity contribution in [2.75, 3.05) is 5.73 Å². The number of hydrogen-bond donors (Lipinski definition) is 2. The number of anilines is 1. The van der Waals surface area contributed by atoms with Gasteiger partial charge in [-0.15, -0.1) is 10.2 Å². The second-order valence-corrected chi connectivity index (χ2v) is 4.85. The lowest BCUT2D eigenvalue weighted by atomic mass is 10.2. The summed E-state index contributed by atoms with van der Waals surface area (Å²) in [5.41, 5.74) is 6.67. The topological polar surface area (TPSA) is 106 Å². The molecule has 0 aliphatic rings. The summed E-state index contributed by atoms with van der Waals surface area (Å²) in [4.78, 5) is 15.1. The van der Waals surface area contributed by atoms with Crippen LogP contribution in [0, 0.1) is 0 Å². The van der Waals surface area contributed by atoms with Crippen molar-refractivity contribution in [3.63, 3.8) is 0 Å². The maximum absolute atomic E-state index is 11.0. The summed E-state index contributed by atoms with van der Waals surface area (Å²) in [6, 6.07) is 6.90. The highest BCUT2D eigenvalue weighted by Gasteiger charge is 2.15. The molecule has 7 nitrogen and oxygen atoms in total. The molecule has 3 N–H and O–H groups in total. The summed E-state index contributed by atoms with van der Waals surface area (Å²) in [5, 5.41) is 18.0. The molecule has 0 unspecified atom stereocenters. The molecular formula is C12H9N5O2S. The molecule has 0 radical (unpaired) electrons. The average Bonchev–Trinajstić information content (AvgIpc) is 2.84. The summed E-state index contributed by atoms with van der Waals surface area (Å²) in [6.07, 6.45) is 3.22. The molecule has 100 valence electrons. The number of hydrogen-bond acceptors (Lipinski definition) is 6. The fourth-order valence-electron chi connectivity index (χ4n) is 1.70. The van der Waals surface area contributed by atoms with Crippen LogP contribution < -0.4 is 5.73 Å². The molecule has 0 aliphatic carbocycles. The Balaban J connectivity index is 2.03. The van der Waals surface area contributed by atoms with Crippen LogP contribution in [0.15, 0.2) is 46.8 Å². The number of rotatable bonds is 3. The predicted molar refractivity (Wildman–Crippen MR) is 72.7 cm³/mol. The van der Waals surface area contributed by atoms with Crippen LogP contribution in [0.3, 0.4) is 0 Å². The third kappa shape index (κ3) is 2.05. The minimum absolute atomic E-state index is 0.0244. The first-order chi connectivity index (χ1) is 9.66. The molecule has 0 spiro atoms. The quantitative estimate of drug-likeness (QED) is 0.752. The van der Waals surface area contributed by atoms with Gasteiger partial charge < -0.3 is 10.8 Å². The van der Waals surface area contributed by atoms with Crippen LogP contribution in [-0.4, -0.2) is 30.7 Å². The maximum atomic E-state index is 11.0. The molecule has 0 atom stereocenters. The van der Waals surface area contributed by atoms with Crippen molar-refractivity contribution in [3.05, 3.63) is 42.2 Å². The second-order valence-electron chi connectivity index (χ2n) is 3.90. The number of carboxylic acid groups (broad SMARTS) is 1. The van der Waals surface area contributed by atoms with Crippen molar-refractivity contribution in [3.8, 4) is 0 Å². The molecule has 0 fully saturated rings. The third-order valence-electron chi connectivity index (χ3n) is 2.65. The predicted octanol–water partition coefficient (Wildman–Crippen LogP) is 1.56. The Kier molecular flexibility index (Phi) is 2.99. The van der Waals surface area contributed by atoms with Crippen molar-refractivity contribution in [1.82, 2.24) is 19.6 Å². The van der Waals surface area contributed by atoms with Gasteiger partial charge in [-0.1, -0.05) is 6.07 Å². The molecule has 8 heteroatoms. The number of carboxylic acids is 1. The first kappa shape index (κ1) is 12.4. The van der Waals surface area contributed by atoms with E-state index >= 15 is 0 Å². The van der Waals surface area contributed by atoms with Crippen LogP contribution in [0.25, 0.3) is 5.65 Å². The fourth-order valence-corrected chi connectivity index (χ4v) is 2.54. The van der Waals surface area contributed by atoms with Gasteiger partial charge in [0.05, 0.1) is 11.3 Å². The number of nitrogen functional groups attached to an aromatic ring is 1. The van der Waals surface area contributed by atoms with E-state index in [0.29, 0.717) is 15.8 Å². The van der Waals surface area contributed by atoms with Gasteiger partial charge in [0.2, 0.25) is 5.16 Å². The largest absolute Gasteiger partial charge is 0.478 e. The van der Waals surface area contributed by atoms with E-state index in [9.17, 15) is 4.79 Å². The summed E-state index contributed by atoms with van der Waals surface area (Å²) >= 11 is 1.17. The number of nitrogens with two attached hydrogens (primary N) is 1. The van der Waals surface area contributed by atoms with Crippen molar-refractivity contribution >= 4 is 29.1 Å². The number of aromatic nitrogens is 4. The fraction of sp³-hybridized carbons (Fsp3) is 0. The molecule has 3 aromatic heterocycles. The highest BCUT2D eigenvalue weighted by Crippen LogP contribution is 2.30. The minimum Gasteiger partial charge on any atom is -0.478 e. The molecule has 3 heterocycles. The van der Waals surface area contributed by atoms with Crippen molar-refractivity contribution < 1.29 is 9.90 Å². The van der Waals surface area contributed by atoms with Gasteiger partial charge >= 0.3 is 5.97 Å². The number of pyridine rings is 2. The first-order valence-electron chi connectivity index (χ1n) is 5.62. The maximum Gasteiger partial charge on any atom is 0.337 e. The van der Waals surface area contributed by atoms with E-state index in [-0.39, 0.29) is 11.3 Å². The number of carbonyl (C=O) groups is 1. The molecule has 0 saturated heterocycles. The lowest BCUT2D eigenvalue weighted by Gasteiger charge is -2.05.